The van der Waals surface area contributed by atoms with Crippen LogP contribution in [0, 0.1) is 23.1 Å². The number of carboxylic acids is 1. The van der Waals surface area contributed by atoms with Gasteiger partial charge in [0.2, 0.25) is 0 Å². The largest absolute Gasteiger partial charge is 0.481 e. The van der Waals surface area contributed by atoms with E-state index in [1.807, 2.05) is 0 Å². The van der Waals surface area contributed by atoms with Crippen LogP contribution in [0.2, 0.25) is 0 Å². The molecule has 0 aliphatic carbocycles. The molecule has 1 rings (SSSR count). The van der Waals surface area contributed by atoms with Crippen LogP contribution in [-0.2, 0) is 4.79 Å². The first-order valence-electron chi connectivity index (χ1n) is 6.42. The molecule has 7 heteroatoms. The Hall–Kier alpha value is -2.62. The summed E-state index contributed by atoms with van der Waals surface area (Å²) < 4.78 is 13.3. The zero-order valence-corrected chi connectivity index (χ0v) is 11.5. The predicted octanol–water partition coefficient (Wildman–Crippen LogP) is 2.32. The highest BCUT2D eigenvalue weighted by atomic mass is 19.1. The van der Waals surface area contributed by atoms with Gasteiger partial charge in [-0.05, 0) is 25.0 Å². The van der Waals surface area contributed by atoms with Gasteiger partial charge in [-0.2, -0.15) is 5.26 Å². The van der Waals surface area contributed by atoms with Gasteiger partial charge >= 0.3 is 12.0 Å². The van der Waals surface area contributed by atoms with E-state index in [4.69, 9.17) is 10.4 Å². The summed E-state index contributed by atoms with van der Waals surface area (Å²) in [6.45, 7) is 1.88. The number of nitriles is 1. The molecule has 6 nitrogen and oxygen atoms in total. The molecule has 1 aromatic carbocycles. The summed E-state index contributed by atoms with van der Waals surface area (Å²) >= 11 is 0. The highest BCUT2D eigenvalue weighted by molar-refractivity contribution is 5.90. The van der Waals surface area contributed by atoms with Crippen molar-refractivity contribution in [2.75, 3.05) is 11.9 Å². The Bertz CT molecular complexity index is 569. The third-order valence-corrected chi connectivity index (χ3v) is 2.89. The number of rotatable bonds is 6. The zero-order chi connectivity index (χ0) is 15.8. The quantitative estimate of drug-likeness (QED) is 0.700. The Labute approximate surface area is 121 Å². The number of hydrogen-bond acceptors (Lipinski definition) is 3. The van der Waals surface area contributed by atoms with E-state index in [1.165, 1.54) is 12.1 Å². The maximum absolute atomic E-state index is 13.3. The molecule has 0 aliphatic rings. The van der Waals surface area contributed by atoms with Gasteiger partial charge in [0.15, 0.2) is 0 Å². The topological polar surface area (TPSA) is 102 Å². The maximum Gasteiger partial charge on any atom is 0.319 e. The standard InChI is InChI=1S/C14H16FN3O3/c1-9(13(19)20)4-3-7-17-14(21)18-12-6-2-5-11(15)10(12)8-16/h2,5-6,9H,3-4,7H2,1H3,(H,19,20)(H2,17,18,21). The lowest BCUT2D eigenvalue weighted by Gasteiger charge is -2.10. The number of carbonyl (C=O) groups is 2. The number of benzene rings is 1. The minimum atomic E-state index is -0.877. The Kier molecular flexibility index (Phi) is 6.14. The van der Waals surface area contributed by atoms with E-state index in [9.17, 15) is 14.0 Å². The van der Waals surface area contributed by atoms with Gasteiger partial charge in [0.1, 0.15) is 17.4 Å². The number of halogens is 1. The lowest BCUT2D eigenvalue weighted by atomic mass is 10.1. The van der Waals surface area contributed by atoms with Crippen molar-refractivity contribution in [3.05, 3.63) is 29.6 Å². The number of carboxylic acid groups (broad SMARTS) is 1. The van der Waals surface area contributed by atoms with Crippen molar-refractivity contribution < 1.29 is 19.1 Å². The fourth-order valence-electron chi connectivity index (χ4n) is 1.64. The molecule has 1 aromatic rings. The third kappa shape index (κ3) is 5.10. The maximum atomic E-state index is 13.3. The first kappa shape index (κ1) is 16.4. The second kappa shape index (κ2) is 7.85. The molecule has 1 atom stereocenters. The number of urea groups is 1. The molecule has 0 aliphatic heterocycles. The molecule has 0 fully saturated rings. The summed E-state index contributed by atoms with van der Waals surface area (Å²) in [5, 5.41) is 22.4. The van der Waals surface area contributed by atoms with Gasteiger partial charge in [0, 0.05) is 6.54 Å². The summed E-state index contributed by atoms with van der Waals surface area (Å²) in [7, 11) is 0. The first-order chi connectivity index (χ1) is 9.95. The second-order valence-electron chi connectivity index (χ2n) is 4.54. The number of nitrogens with zero attached hydrogens (tertiary/aromatic N) is 1. The molecular weight excluding hydrogens is 277 g/mol. The van der Waals surface area contributed by atoms with E-state index in [-0.39, 0.29) is 11.3 Å². The van der Waals surface area contributed by atoms with Crippen molar-refractivity contribution >= 4 is 17.7 Å². The van der Waals surface area contributed by atoms with Crippen molar-refractivity contribution in [1.29, 1.82) is 5.26 Å². The van der Waals surface area contributed by atoms with Gasteiger partial charge in [-0.25, -0.2) is 9.18 Å². The molecule has 3 N–H and O–H groups in total. The average molecular weight is 293 g/mol. The molecule has 112 valence electrons. The highest BCUT2D eigenvalue weighted by Gasteiger charge is 2.12. The van der Waals surface area contributed by atoms with Gasteiger partial charge in [-0.1, -0.05) is 13.0 Å². The number of carbonyl (C=O) groups excluding carboxylic acids is 1. The molecule has 0 radical (unpaired) electrons. The normalized spacial score (nSPS) is 11.3. The van der Waals surface area contributed by atoms with Crippen LogP contribution in [0.4, 0.5) is 14.9 Å². The number of hydrogen-bond donors (Lipinski definition) is 3. The van der Waals surface area contributed by atoms with E-state index >= 15 is 0 Å². The van der Waals surface area contributed by atoms with Crippen LogP contribution in [0.1, 0.15) is 25.3 Å². The lowest BCUT2D eigenvalue weighted by Crippen LogP contribution is -2.30. The molecular formula is C14H16FN3O3. The number of amides is 2. The summed E-state index contributed by atoms with van der Waals surface area (Å²) in [6, 6.07) is 5.06. The van der Waals surface area contributed by atoms with Crippen LogP contribution in [-0.4, -0.2) is 23.7 Å². The van der Waals surface area contributed by atoms with Crippen LogP contribution in [0.25, 0.3) is 0 Å². The fourth-order valence-corrected chi connectivity index (χ4v) is 1.64. The SMILES string of the molecule is CC(CCCNC(=O)Nc1cccc(F)c1C#N)C(=O)O. The zero-order valence-electron chi connectivity index (χ0n) is 11.5. The minimum absolute atomic E-state index is 0.0916. The molecule has 0 aromatic heterocycles. The smallest absolute Gasteiger partial charge is 0.319 e. The van der Waals surface area contributed by atoms with E-state index in [2.05, 4.69) is 10.6 Å². The highest BCUT2D eigenvalue weighted by Crippen LogP contribution is 2.17. The molecule has 0 saturated carbocycles. The van der Waals surface area contributed by atoms with Crippen LogP contribution in [0.15, 0.2) is 18.2 Å². The first-order valence-corrected chi connectivity index (χ1v) is 6.42. The average Bonchev–Trinajstić information content (AvgIpc) is 2.43. The Morgan fingerprint density at radius 3 is 2.81 bits per heavy atom. The van der Waals surface area contributed by atoms with Crippen molar-refractivity contribution in [3.63, 3.8) is 0 Å². The molecule has 0 heterocycles. The Morgan fingerprint density at radius 1 is 1.48 bits per heavy atom. The molecule has 0 bridgehead atoms. The summed E-state index contributed by atoms with van der Waals surface area (Å²) in [5.74, 6) is -2.05. The summed E-state index contributed by atoms with van der Waals surface area (Å²) in [5.41, 5.74) is -0.138. The Balaban J connectivity index is 2.43. The summed E-state index contributed by atoms with van der Waals surface area (Å²) in [4.78, 5) is 22.2. The van der Waals surface area contributed by atoms with E-state index in [1.54, 1.807) is 13.0 Å². The van der Waals surface area contributed by atoms with E-state index in [0.717, 1.165) is 6.07 Å². The molecule has 0 spiro atoms. The van der Waals surface area contributed by atoms with Crippen LogP contribution in [0.3, 0.4) is 0 Å². The van der Waals surface area contributed by atoms with Crippen LogP contribution in [0.5, 0.6) is 0 Å². The lowest BCUT2D eigenvalue weighted by molar-refractivity contribution is -0.141. The van der Waals surface area contributed by atoms with Crippen LogP contribution < -0.4 is 10.6 Å². The van der Waals surface area contributed by atoms with Crippen molar-refractivity contribution in [3.8, 4) is 6.07 Å². The van der Waals surface area contributed by atoms with Crippen molar-refractivity contribution in [2.24, 2.45) is 5.92 Å². The number of nitrogens with one attached hydrogen (secondary N) is 2. The predicted molar refractivity (Wildman–Crippen MR) is 74.2 cm³/mol. The van der Waals surface area contributed by atoms with Crippen molar-refractivity contribution in [2.45, 2.75) is 19.8 Å². The van der Waals surface area contributed by atoms with Gasteiger partial charge in [0.25, 0.3) is 0 Å². The molecule has 2 amide bonds. The molecule has 0 saturated heterocycles. The van der Waals surface area contributed by atoms with Crippen LogP contribution >= 0.6 is 0 Å². The monoisotopic (exact) mass is 293 g/mol. The molecule has 21 heavy (non-hydrogen) atoms. The third-order valence-electron chi connectivity index (χ3n) is 2.89. The van der Waals surface area contributed by atoms with Gasteiger partial charge in [-0.3, -0.25) is 4.79 Å². The van der Waals surface area contributed by atoms with Gasteiger partial charge < -0.3 is 15.7 Å². The van der Waals surface area contributed by atoms with Gasteiger partial charge in [0.05, 0.1) is 11.6 Å². The number of aliphatic carboxylic acids is 1. The Morgan fingerprint density at radius 2 is 2.19 bits per heavy atom. The van der Waals surface area contributed by atoms with E-state index in [0.29, 0.717) is 19.4 Å². The van der Waals surface area contributed by atoms with E-state index < -0.39 is 23.7 Å². The van der Waals surface area contributed by atoms with Gasteiger partial charge in [-0.15, -0.1) is 0 Å². The number of anilines is 1. The van der Waals surface area contributed by atoms with Crippen molar-refractivity contribution in [1.82, 2.24) is 5.32 Å². The minimum Gasteiger partial charge on any atom is -0.481 e. The summed E-state index contributed by atoms with van der Waals surface area (Å²) in [6.07, 6.45) is 0.953. The fraction of sp³-hybridized carbons (Fsp3) is 0.357. The molecule has 1 unspecified atom stereocenters. The second-order valence-corrected chi connectivity index (χ2v) is 4.54.